The molecule has 0 bridgehead atoms. The monoisotopic (exact) mass is 220 g/mol. The van der Waals surface area contributed by atoms with Crippen molar-refractivity contribution in [3.05, 3.63) is 0 Å². The van der Waals surface area contributed by atoms with Crippen molar-refractivity contribution in [3.8, 4) is 0 Å². The van der Waals surface area contributed by atoms with E-state index in [4.69, 9.17) is 4.74 Å². The van der Waals surface area contributed by atoms with Crippen molar-refractivity contribution < 1.29 is 13.5 Å². The van der Waals surface area contributed by atoms with E-state index in [1.807, 2.05) is 0 Å². The van der Waals surface area contributed by atoms with Crippen LogP contribution in [0.4, 0.5) is 8.78 Å². The van der Waals surface area contributed by atoms with Crippen LogP contribution in [-0.2, 0) is 4.74 Å². The van der Waals surface area contributed by atoms with Gasteiger partial charge in [0, 0.05) is 0 Å². The summed E-state index contributed by atoms with van der Waals surface area (Å²) in [6, 6.07) is 0. The quantitative estimate of drug-likeness (QED) is 0.692. The molecule has 1 saturated carbocycles. The molecule has 0 aromatic heterocycles. The van der Waals surface area contributed by atoms with E-state index in [0.29, 0.717) is 12.8 Å². The number of alkyl halides is 2. The number of rotatable bonds is 3. The van der Waals surface area contributed by atoms with Crippen LogP contribution in [0.15, 0.2) is 0 Å². The van der Waals surface area contributed by atoms with Crippen LogP contribution in [0.5, 0.6) is 0 Å². The first kappa shape index (κ1) is 12.9. The first-order valence-corrected chi connectivity index (χ1v) is 5.78. The second-order valence-electron chi connectivity index (χ2n) is 5.67. The molecule has 1 nitrogen and oxygen atoms in total. The zero-order valence-electron chi connectivity index (χ0n) is 10.1. The summed E-state index contributed by atoms with van der Waals surface area (Å²) in [6.07, 6.45) is -0.456. The number of halogens is 2. The van der Waals surface area contributed by atoms with Crippen molar-refractivity contribution in [2.45, 2.75) is 65.6 Å². The van der Waals surface area contributed by atoms with Gasteiger partial charge in [0.15, 0.2) is 0 Å². The van der Waals surface area contributed by atoms with Crippen LogP contribution in [0.2, 0.25) is 0 Å². The maximum Gasteiger partial charge on any atom is 0.358 e. The molecule has 0 aromatic carbocycles. The largest absolute Gasteiger partial charge is 0.358 e. The number of ether oxygens (including phenoxy) is 1. The molecule has 0 amide bonds. The van der Waals surface area contributed by atoms with Crippen LogP contribution in [-0.4, -0.2) is 12.2 Å². The molecule has 0 saturated heterocycles. The summed E-state index contributed by atoms with van der Waals surface area (Å²) in [6.45, 7) is 7.59. The standard InChI is InChI=1S/C12H22F2O/c1-9(2)15-12(13,14)10-5-7-11(3,4)8-6-10/h9-10H,5-8H2,1-4H3. The molecule has 0 atom stereocenters. The van der Waals surface area contributed by atoms with E-state index in [-0.39, 0.29) is 5.41 Å². The lowest BCUT2D eigenvalue weighted by atomic mass is 9.73. The molecule has 1 aliphatic carbocycles. The minimum atomic E-state index is -2.94. The summed E-state index contributed by atoms with van der Waals surface area (Å²) < 4.78 is 31.9. The molecule has 90 valence electrons. The molecular weight excluding hydrogens is 198 g/mol. The zero-order chi connectivity index (χ0) is 11.7. The van der Waals surface area contributed by atoms with Gasteiger partial charge in [0.1, 0.15) is 0 Å². The van der Waals surface area contributed by atoms with Gasteiger partial charge in [-0.1, -0.05) is 13.8 Å². The Morgan fingerprint density at radius 2 is 1.67 bits per heavy atom. The Kier molecular flexibility index (Phi) is 3.75. The summed E-state index contributed by atoms with van der Waals surface area (Å²) in [5.74, 6) is -0.590. The SMILES string of the molecule is CC(C)OC(F)(F)C1CCC(C)(C)CC1. The Bertz CT molecular complexity index is 202. The molecule has 1 fully saturated rings. The fourth-order valence-electron chi connectivity index (χ4n) is 2.15. The lowest BCUT2D eigenvalue weighted by Gasteiger charge is -2.37. The van der Waals surface area contributed by atoms with Crippen LogP contribution in [0.3, 0.4) is 0 Å². The number of hydrogen-bond acceptors (Lipinski definition) is 1. The van der Waals surface area contributed by atoms with E-state index < -0.39 is 18.1 Å². The lowest BCUT2D eigenvalue weighted by Crippen LogP contribution is -2.37. The van der Waals surface area contributed by atoms with Gasteiger partial charge in [0.05, 0.1) is 12.0 Å². The van der Waals surface area contributed by atoms with E-state index in [1.165, 1.54) is 0 Å². The van der Waals surface area contributed by atoms with Gasteiger partial charge in [-0.05, 0) is 44.9 Å². The Hall–Kier alpha value is -0.180. The molecule has 0 heterocycles. The molecule has 0 aliphatic heterocycles. The molecule has 0 radical (unpaired) electrons. The minimum absolute atomic E-state index is 0.227. The van der Waals surface area contributed by atoms with E-state index >= 15 is 0 Å². The molecule has 1 aliphatic rings. The Balaban J connectivity index is 2.51. The highest BCUT2D eigenvalue weighted by Crippen LogP contribution is 2.44. The average Bonchev–Trinajstić information content (AvgIpc) is 2.00. The predicted molar refractivity (Wildman–Crippen MR) is 56.9 cm³/mol. The molecule has 0 unspecified atom stereocenters. The van der Waals surface area contributed by atoms with Gasteiger partial charge in [-0.15, -0.1) is 0 Å². The van der Waals surface area contributed by atoms with Gasteiger partial charge in [0.25, 0.3) is 0 Å². The Morgan fingerprint density at radius 1 is 1.20 bits per heavy atom. The van der Waals surface area contributed by atoms with E-state index in [9.17, 15) is 8.78 Å². The van der Waals surface area contributed by atoms with Crippen LogP contribution in [0.25, 0.3) is 0 Å². The van der Waals surface area contributed by atoms with Gasteiger partial charge >= 0.3 is 6.11 Å². The van der Waals surface area contributed by atoms with Crippen molar-refractivity contribution in [1.82, 2.24) is 0 Å². The smallest absolute Gasteiger partial charge is 0.318 e. The van der Waals surface area contributed by atoms with Crippen molar-refractivity contribution in [2.24, 2.45) is 11.3 Å². The maximum absolute atomic E-state index is 13.6. The predicted octanol–water partition coefficient (Wildman–Crippen LogP) is 4.22. The third-order valence-corrected chi connectivity index (χ3v) is 3.21. The summed E-state index contributed by atoms with van der Waals surface area (Å²) in [4.78, 5) is 0. The second kappa shape index (κ2) is 4.36. The molecule has 1 rings (SSSR count). The van der Waals surface area contributed by atoms with Gasteiger partial charge in [0.2, 0.25) is 0 Å². The van der Waals surface area contributed by atoms with Gasteiger partial charge in [-0.2, -0.15) is 8.78 Å². The first-order valence-electron chi connectivity index (χ1n) is 5.78. The van der Waals surface area contributed by atoms with Crippen molar-refractivity contribution in [2.75, 3.05) is 0 Å². The van der Waals surface area contributed by atoms with Crippen molar-refractivity contribution >= 4 is 0 Å². The summed E-state index contributed by atoms with van der Waals surface area (Å²) in [7, 11) is 0. The lowest BCUT2D eigenvalue weighted by molar-refractivity contribution is -0.293. The fraction of sp³-hybridized carbons (Fsp3) is 1.00. The first-order chi connectivity index (χ1) is 6.73. The van der Waals surface area contributed by atoms with E-state index in [0.717, 1.165) is 12.8 Å². The maximum atomic E-state index is 13.6. The van der Waals surface area contributed by atoms with Crippen LogP contribution >= 0.6 is 0 Å². The van der Waals surface area contributed by atoms with E-state index in [2.05, 4.69) is 13.8 Å². The van der Waals surface area contributed by atoms with Crippen molar-refractivity contribution in [3.63, 3.8) is 0 Å². The summed E-state index contributed by atoms with van der Waals surface area (Å²) >= 11 is 0. The topological polar surface area (TPSA) is 9.23 Å². The Labute approximate surface area is 91.2 Å². The molecule has 0 aromatic rings. The highest BCUT2D eigenvalue weighted by Gasteiger charge is 2.44. The van der Waals surface area contributed by atoms with Crippen LogP contribution < -0.4 is 0 Å². The molecule has 0 N–H and O–H groups in total. The van der Waals surface area contributed by atoms with E-state index in [1.54, 1.807) is 13.8 Å². The molecule has 0 spiro atoms. The molecular formula is C12H22F2O. The fourth-order valence-corrected chi connectivity index (χ4v) is 2.15. The van der Waals surface area contributed by atoms with Gasteiger partial charge in [-0.3, -0.25) is 0 Å². The molecule has 3 heteroatoms. The number of hydrogen-bond donors (Lipinski definition) is 0. The zero-order valence-corrected chi connectivity index (χ0v) is 10.1. The summed E-state index contributed by atoms with van der Waals surface area (Å²) in [5.41, 5.74) is 0.227. The third kappa shape index (κ3) is 3.71. The minimum Gasteiger partial charge on any atom is -0.318 e. The average molecular weight is 220 g/mol. The third-order valence-electron chi connectivity index (χ3n) is 3.21. The van der Waals surface area contributed by atoms with Gasteiger partial charge < -0.3 is 4.74 Å². The second-order valence-corrected chi connectivity index (χ2v) is 5.67. The summed E-state index contributed by atoms with van der Waals surface area (Å²) in [5, 5.41) is 0. The Morgan fingerprint density at radius 3 is 2.07 bits per heavy atom. The van der Waals surface area contributed by atoms with Gasteiger partial charge in [-0.25, -0.2) is 0 Å². The normalized spacial score (nSPS) is 23.4. The molecule has 15 heavy (non-hydrogen) atoms. The van der Waals surface area contributed by atoms with Crippen LogP contribution in [0, 0.1) is 11.3 Å². The highest BCUT2D eigenvalue weighted by molar-refractivity contribution is 4.82. The highest BCUT2D eigenvalue weighted by atomic mass is 19.3. The van der Waals surface area contributed by atoms with Crippen molar-refractivity contribution in [1.29, 1.82) is 0 Å². The van der Waals surface area contributed by atoms with Crippen LogP contribution in [0.1, 0.15) is 53.4 Å².